The molecule has 0 aliphatic rings. The summed E-state index contributed by atoms with van der Waals surface area (Å²) in [6, 6.07) is 13.4. The molecular weight excluding hydrogens is 367 g/mol. The van der Waals surface area contributed by atoms with Gasteiger partial charge in [0.25, 0.3) is 0 Å². The summed E-state index contributed by atoms with van der Waals surface area (Å²) >= 11 is 0. The summed E-state index contributed by atoms with van der Waals surface area (Å²) in [5.41, 5.74) is -0.889. The van der Waals surface area contributed by atoms with E-state index in [9.17, 15) is 18.9 Å². The van der Waals surface area contributed by atoms with Gasteiger partial charge in [-0.3, -0.25) is 14.4 Å². The zero-order valence-electron chi connectivity index (χ0n) is 15.2. The van der Waals surface area contributed by atoms with Crippen molar-refractivity contribution < 1.29 is 28.4 Å². The van der Waals surface area contributed by atoms with E-state index < -0.39 is 18.8 Å². The first-order valence-electron chi connectivity index (χ1n) is 8.40. The maximum absolute atomic E-state index is 12.5. The molecule has 0 saturated heterocycles. The van der Waals surface area contributed by atoms with Crippen LogP contribution in [-0.4, -0.2) is 31.1 Å². The third-order valence-corrected chi connectivity index (χ3v) is 5.44. The fourth-order valence-corrected chi connectivity index (χ4v) is 3.74. The monoisotopic (exact) mass is 388 g/mol. The van der Waals surface area contributed by atoms with Crippen molar-refractivity contribution in [3.05, 3.63) is 59.7 Å². The van der Waals surface area contributed by atoms with Crippen LogP contribution in [0.4, 0.5) is 0 Å². The number of Topliss-reactive ketones (excluding diaryl/α,β-unsaturated/α-hetero) is 1. The van der Waals surface area contributed by atoms with Crippen molar-refractivity contribution in [3.63, 3.8) is 0 Å². The summed E-state index contributed by atoms with van der Waals surface area (Å²) in [5, 5.41) is 0. The molecule has 0 radical (unpaired) electrons. The first-order valence-corrected chi connectivity index (χ1v) is 9.81. The zero-order chi connectivity index (χ0) is 19.8. The second-order valence-corrected chi connectivity index (χ2v) is 7.43. The van der Waals surface area contributed by atoms with Gasteiger partial charge in [-0.1, -0.05) is 36.4 Å². The Morgan fingerprint density at radius 3 is 2.00 bits per heavy atom. The van der Waals surface area contributed by atoms with Crippen LogP contribution in [0.5, 0.6) is 11.5 Å². The molecule has 2 rings (SSSR count). The summed E-state index contributed by atoms with van der Waals surface area (Å²) in [6.07, 6.45) is 0.288. The predicted molar refractivity (Wildman–Crippen MR) is 103 cm³/mol. The van der Waals surface area contributed by atoms with E-state index in [1.807, 2.05) is 6.07 Å². The Morgan fingerprint density at radius 1 is 0.852 bits per heavy atom. The zero-order valence-corrected chi connectivity index (χ0v) is 16.2. The molecule has 142 valence electrons. The molecule has 0 bridgehead atoms. The number of ketones is 1. The maximum Gasteiger partial charge on any atom is 0.233 e. The number of benzene rings is 2. The Labute approximate surface area is 158 Å². The first-order chi connectivity index (χ1) is 13.0. The lowest BCUT2D eigenvalue weighted by Crippen LogP contribution is -2.06. The van der Waals surface area contributed by atoms with E-state index >= 15 is 0 Å². The summed E-state index contributed by atoms with van der Waals surface area (Å²) in [5.74, 6) is 0.301. The highest BCUT2D eigenvalue weighted by atomic mass is 31.1. The summed E-state index contributed by atoms with van der Waals surface area (Å²) in [7, 11) is -0.473. The minimum absolute atomic E-state index is 0.0000934. The smallest absolute Gasteiger partial charge is 0.233 e. The van der Waals surface area contributed by atoms with E-state index in [4.69, 9.17) is 9.47 Å². The van der Waals surface area contributed by atoms with Gasteiger partial charge >= 0.3 is 0 Å². The van der Waals surface area contributed by atoms with Gasteiger partial charge in [0.15, 0.2) is 11.3 Å². The third-order valence-electron chi connectivity index (χ3n) is 4.02. The molecule has 27 heavy (non-hydrogen) atoms. The van der Waals surface area contributed by atoms with Crippen molar-refractivity contribution >= 4 is 24.6 Å². The highest BCUT2D eigenvalue weighted by molar-refractivity contribution is 7.79. The Bertz CT molecular complexity index is 838. The quantitative estimate of drug-likeness (QED) is 0.452. The molecule has 7 heteroatoms. The predicted octanol–water partition coefficient (Wildman–Crippen LogP) is 3.98. The van der Waals surface area contributed by atoms with Gasteiger partial charge < -0.3 is 14.0 Å². The summed E-state index contributed by atoms with van der Waals surface area (Å²) < 4.78 is 22.7. The van der Waals surface area contributed by atoms with Crippen LogP contribution in [0.25, 0.3) is 0 Å². The fraction of sp³-hybridized carbons (Fsp3) is 0.250. The van der Waals surface area contributed by atoms with Crippen molar-refractivity contribution in [1.82, 2.24) is 0 Å². The lowest BCUT2D eigenvalue weighted by Gasteiger charge is -2.11. The number of carbonyl (C=O) groups excluding carboxylic acids is 3. The van der Waals surface area contributed by atoms with Gasteiger partial charge in [0, 0.05) is 18.4 Å². The van der Waals surface area contributed by atoms with Gasteiger partial charge in [-0.25, -0.2) is 0 Å². The Morgan fingerprint density at radius 2 is 1.44 bits per heavy atom. The van der Waals surface area contributed by atoms with Gasteiger partial charge in [-0.15, -0.1) is 0 Å². The average Bonchev–Trinajstić information content (AvgIpc) is 2.72. The molecule has 0 saturated carbocycles. The van der Waals surface area contributed by atoms with Crippen LogP contribution in [0.3, 0.4) is 0 Å². The van der Waals surface area contributed by atoms with Gasteiger partial charge in [0.2, 0.25) is 13.3 Å². The topological polar surface area (TPSA) is 86.7 Å². The number of hydrogen-bond acceptors (Lipinski definition) is 6. The molecule has 1 atom stereocenters. The standard InChI is InChI=1S/C20H21O6P/c1-25-16-11-7-12-17(26-2)19(16)20(23)27(24)18(22)13-6-10-15(21)14-8-4-3-5-9-14/h3-5,7-9,11-12,27H,6,10,13H2,1-2H3. The van der Waals surface area contributed by atoms with Crippen LogP contribution in [0, 0.1) is 0 Å². The Balaban J connectivity index is 2.00. The largest absolute Gasteiger partial charge is 0.496 e. The van der Waals surface area contributed by atoms with E-state index in [1.54, 1.807) is 30.3 Å². The molecule has 6 nitrogen and oxygen atoms in total. The second kappa shape index (κ2) is 9.83. The molecule has 2 aromatic rings. The van der Waals surface area contributed by atoms with E-state index in [1.165, 1.54) is 26.4 Å². The normalized spacial score (nSPS) is 11.5. The van der Waals surface area contributed by atoms with Crippen LogP contribution in [0.2, 0.25) is 0 Å². The minimum atomic E-state index is -3.22. The van der Waals surface area contributed by atoms with Crippen LogP contribution >= 0.6 is 7.80 Å². The maximum atomic E-state index is 12.5. The molecule has 0 aliphatic heterocycles. The van der Waals surface area contributed by atoms with Crippen molar-refractivity contribution in [2.75, 3.05) is 14.2 Å². The highest BCUT2D eigenvalue weighted by Gasteiger charge is 2.27. The molecule has 2 aromatic carbocycles. The Hall–Kier alpha value is -2.72. The lowest BCUT2D eigenvalue weighted by atomic mass is 10.1. The van der Waals surface area contributed by atoms with Gasteiger partial charge in [0.05, 0.1) is 14.2 Å². The molecule has 0 fully saturated rings. The van der Waals surface area contributed by atoms with Crippen molar-refractivity contribution in [2.45, 2.75) is 19.3 Å². The van der Waals surface area contributed by atoms with Crippen LogP contribution in [-0.2, 0) is 9.36 Å². The number of hydrogen-bond donors (Lipinski definition) is 0. The number of methoxy groups -OCH3 is 2. The molecule has 0 amide bonds. The van der Waals surface area contributed by atoms with Crippen LogP contribution in [0.15, 0.2) is 48.5 Å². The summed E-state index contributed by atoms with van der Waals surface area (Å²) in [4.78, 5) is 36.8. The van der Waals surface area contributed by atoms with Crippen molar-refractivity contribution in [2.24, 2.45) is 0 Å². The molecule has 0 aliphatic carbocycles. The van der Waals surface area contributed by atoms with Gasteiger partial charge in [-0.05, 0) is 18.6 Å². The molecular formula is C20H21O6P. The van der Waals surface area contributed by atoms with E-state index in [0.717, 1.165) is 0 Å². The molecule has 0 spiro atoms. The minimum Gasteiger partial charge on any atom is -0.496 e. The molecule has 0 aromatic heterocycles. The molecule has 1 unspecified atom stereocenters. The van der Waals surface area contributed by atoms with Crippen molar-refractivity contribution in [3.8, 4) is 11.5 Å². The lowest BCUT2D eigenvalue weighted by molar-refractivity contribution is -0.111. The highest BCUT2D eigenvalue weighted by Crippen LogP contribution is 2.38. The van der Waals surface area contributed by atoms with Gasteiger partial charge in [0.1, 0.15) is 17.1 Å². The second-order valence-electron chi connectivity index (χ2n) is 5.76. The van der Waals surface area contributed by atoms with E-state index in [-0.39, 0.29) is 42.1 Å². The fourth-order valence-electron chi connectivity index (χ4n) is 2.61. The number of ether oxygens (including phenoxy) is 2. The van der Waals surface area contributed by atoms with Crippen molar-refractivity contribution in [1.29, 1.82) is 0 Å². The van der Waals surface area contributed by atoms with E-state index in [0.29, 0.717) is 5.56 Å². The van der Waals surface area contributed by atoms with Crippen LogP contribution < -0.4 is 9.47 Å². The Kier molecular flexibility index (Phi) is 7.50. The summed E-state index contributed by atoms with van der Waals surface area (Å²) in [6.45, 7) is 0. The average molecular weight is 388 g/mol. The SMILES string of the molecule is COc1cccc(OC)c1C(=O)[PH](=O)C(=O)CCCC(=O)c1ccccc1. The van der Waals surface area contributed by atoms with Gasteiger partial charge in [-0.2, -0.15) is 0 Å². The number of carbonyl (C=O) groups is 3. The van der Waals surface area contributed by atoms with E-state index in [2.05, 4.69) is 0 Å². The van der Waals surface area contributed by atoms with Crippen LogP contribution in [0.1, 0.15) is 40.0 Å². The third kappa shape index (κ3) is 5.14. The molecule has 0 N–H and O–H groups in total. The number of rotatable bonds is 10. The first kappa shape index (κ1) is 20.6. The molecule has 0 heterocycles.